The molecule has 0 aliphatic heterocycles. The second-order valence-electron chi connectivity index (χ2n) is 4.97. The molecule has 1 aromatic carbocycles. The molecule has 0 unspecified atom stereocenters. The van der Waals surface area contributed by atoms with E-state index < -0.39 is 5.54 Å². The fourth-order valence-corrected chi connectivity index (χ4v) is 1.84. The molecular formula is C14H19N5O. The summed E-state index contributed by atoms with van der Waals surface area (Å²) >= 11 is 0. The third-order valence-electron chi connectivity index (χ3n) is 2.96. The minimum atomic E-state index is -0.600. The number of likely N-dealkylation sites (N-methyl/N-ethyl adjacent to an activating group) is 1. The number of hydrogen-bond donors (Lipinski definition) is 2. The van der Waals surface area contributed by atoms with Gasteiger partial charge >= 0.3 is 0 Å². The van der Waals surface area contributed by atoms with Crippen LogP contribution < -0.4 is 10.6 Å². The molecule has 1 amide bonds. The zero-order chi connectivity index (χ0) is 14.6. The number of nitrogens with one attached hydrogen (secondary N) is 2. The average molecular weight is 273 g/mol. The lowest BCUT2D eigenvalue weighted by atomic mass is 10.0. The number of rotatable bonds is 5. The zero-order valence-corrected chi connectivity index (χ0v) is 11.9. The largest absolute Gasteiger partial charge is 0.325 e. The Labute approximate surface area is 118 Å². The number of anilines is 1. The van der Waals surface area contributed by atoms with E-state index in [-0.39, 0.29) is 5.91 Å². The quantitative estimate of drug-likeness (QED) is 0.868. The van der Waals surface area contributed by atoms with Crippen molar-refractivity contribution in [2.45, 2.75) is 26.3 Å². The van der Waals surface area contributed by atoms with Crippen molar-refractivity contribution in [3.8, 4) is 5.69 Å². The Balaban J connectivity index is 2.06. The summed E-state index contributed by atoms with van der Waals surface area (Å²) < 4.78 is 0. The van der Waals surface area contributed by atoms with E-state index >= 15 is 0 Å². The van der Waals surface area contributed by atoms with Crippen molar-refractivity contribution in [2.24, 2.45) is 0 Å². The standard InChI is InChI=1S/C14H19N5O/c1-4-15-14(2,3)13(20)18-11-5-7-12(8-6-11)19-16-9-10-17-19/h5-10,15H,4H2,1-3H3,(H,18,20). The van der Waals surface area contributed by atoms with Crippen LogP contribution in [0.2, 0.25) is 0 Å². The Bertz CT molecular complexity index is 560. The van der Waals surface area contributed by atoms with E-state index in [1.165, 1.54) is 4.80 Å². The summed E-state index contributed by atoms with van der Waals surface area (Å²) in [5.41, 5.74) is 0.993. The first-order valence-electron chi connectivity index (χ1n) is 6.56. The van der Waals surface area contributed by atoms with Gasteiger partial charge in [0.15, 0.2) is 0 Å². The molecule has 2 N–H and O–H groups in total. The highest BCUT2D eigenvalue weighted by Crippen LogP contribution is 2.14. The van der Waals surface area contributed by atoms with Gasteiger partial charge in [0.05, 0.1) is 23.6 Å². The minimum Gasteiger partial charge on any atom is -0.325 e. The molecule has 0 spiro atoms. The molecule has 20 heavy (non-hydrogen) atoms. The Morgan fingerprint density at radius 1 is 1.20 bits per heavy atom. The predicted molar refractivity (Wildman–Crippen MR) is 77.7 cm³/mol. The zero-order valence-electron chi connectivity index (χ0n) is 11.9. The van der Waals surface area contributed by atoms with Gasteiger partial charge in [0.1, 0.15) is 0 Å². The van der Waals surface area contributed by atoms with Crippen LogP contribution >= 0.6 is 0 Å². The van der Waals surface area contributed by atoms with E-state index in [9.17, 15) is 4.79 Å². The van der Waals surface area contributed by atoms with Gasteiger partial charge in [-0.2, -0.15) is 15.0 Å². The molecule has 0 aliphatic rings. The number of nitrogens with zero attached hydrogens (tertiary/aromatic N) is 3. The normalized spacial score (nSPS) is 11.3. The number of amides is 1. The van der Waals surface area contributed by atoms with Crippen LogP contribution in [0.3, 0.4) is 0 Å². The predicted octanol–water partition coefficient (Wildman–Crippen LogP) is 1.59. The molecule has 2 aromatic rings. The first kappa shape index (κ1) is 14.2. The van der Waals surface area contributed by atoms with E-state index in [0.29, 0.717) is 0 Å². The molecule has 0 aliphatic carbocycles. The summed E-state index contributed by atoms with van der Waals surface area (Å²) in [6.45, 7) is 6.42. The highest BCUT2D eigenvalue weighted by Gasteiger charge is 2.25. The van der Waals surface area contributed by atoms with Crippen molar-refractivity contribution in [2.75, 3.05) is 11.9 Å². The fourth-order valence-electron chi connectivity index (χ4n) is 1.84. The van der Waals surface area contributed by atoms with Crippen molar-refractivity contribution in [3.63, 3.8) is 0 Å². The van der Waals surface area contributed by atoms with E-state index in [2.05, 4.69) is 20.8 Å². The van der Waals surface area contributed by atoms with Crippen LogP contribution in [0.15, 0.2) is 36.7 Å². The van der Waals surface area contributed by atoms with Gasteiger partial charge in [-0.1, -0.05) is 6.92 Å². The van der Waals surface area contributed by atoms with E-state index in [1.807, 2.05) is 45.0 Å². The van der Waals surface area contributed by atoms with Crippen molar-refractivity contribution in [3.05, 3.63) is 36.7 Å². The van der Waals surface area contributed by atoms with Gasteiger partial charge < -0.3 is 10.6 Å². The maximum atomic E-state index is 12.1. The molecule has 0 saturated carbocycles. The summed E-state index contributed by atoms with van der Waals surface area (Å²) in [6.07, 6.45) is 3.24. The lowest BCUT2D eigenvalue weighted by Gasteiger charge is -2.24. The molecule has 1 heterocycles. The Morgan fingerprint density at radius 3 is 2.35 bits per heavy atom. The van der Waals surface area contributed by atoms with Crippen LogP contribution in [0.25, 0.3) is 5.69 Å². The summed E-state index contributed by atoms with van der Waals surface area (Å²) in [6, 6.07) is 7.38. The molecule has 0 radical (unpaired) electrons. The van der Waals surface area contributed by atoms with Crippen molar-refractivity contribution < 1.29 is 4.79 Å². The molecule has 0 saturated heterocycles. The summed E-state index contributed by atoms with van der Waals surface area (Å²) in [5.74, 6) is -0.0654. The van der Waals surface area contributed by atoms with Crippen molar-refractivity contribution >= 4 is 11.6 Å². The highest BCUT2D eigenvalue weighted by molar-refractivity contribution is 5.97. The highest BCUT2D eigenvalue weighted by atomic mass is 16.2. The number of carbonyl (C=O) groups excluding carboxylic acids is 1. The van der Waals surface area contributed by atoms with Crippen LogP contribution in [0, 0.1) is 0 Å². The van der Waals surface area contributed by atoms with E-state index in [4.69, 9.17) is 0 Å². The van der Waals surface area contributed by atoms with Gasteiger partial charge in [0.2, 0.25) is 5.91 Å². The second-order valence-corrected chi connectivity index (χ2v) is 4.97. The molecule has 106 valence electrons. The summed E-state index contributed by atoms with van der Waals surface area (Å²) in [5, 5.41) is 14.1. The SMILES string of the molecule is CCNC(C)(C)C(=O)Nc1ccc(-n2nccn2)cc1. The van der Waals surface area contributed by atoms with E-state index in [1.54, 1.807) is 12.4 Å². The number of aromatic nitrogens is 3. The number of benzene rings is 1. The van der Waals surface area contributed by atoms with Crippen LogP contribution in [-0.4, -0.2) is 33.0 Å². The Morgan fingerprint density at radius 2 is 1.80 bits per heavy atom. The Hall–Kier alpha value is -2.21. The van der Waals surface area contributed by atoms with Gasteiger partial charge in [-0.05, 0) is 44.7 Å². The van der Waals surface area contributed by atoms with Crippen molar-refractivity contribution in [1.82, 2.24) is 20.3 Å². The molecule has 0 atom stereocenters. The molecule has 6 nitrogen and oxygen atoms in total. The fraction of sp³-hybridized carbons (Fsp3) is 0.357. The smallest absolute Gasteiger partial charge is 0.244 e. The first-order valence-corrected chi connectivity index (χ1v) is 6.56. The van der Waals surface area contributed by atoms with Crippen LogP contribution in [-0.2, 0) is 4.79 Å². The lowest BCUT2D eigenvalue weighted by Crippen LogP contribution is -2.49. The molecule has 0 bridgehead atoms. The maximum absolute atomic E-state index is 12.1. The summed E-state index contributed by atoms with van der Waals surface area (Å²) in [7, 11) is 0. The van der Waals surface area contributed by atoms with Crippen LogP contribution in [0.5, 0.6) is 0 Å². The third-order valence-corrected chi connectivity index (χ3v) is 2.96. The van der Waals surface area contributed by atoms with E-state index in [0.717, 1.165) is 17.9 Å². The molecular weight excluding hydrogens is 254 g/mol. The summed E-state index contributed by atoms with van der Waals surface area (Å²) in [4.78, 5) is 13.7. The monoisotopic (exact) mass is 273 g/mol. The van der Waals surface area contributed by atoms with Gasteiger partial charge in [0.25, 0.3) is 0 Å². The number of carbonyl (C=O) groups is 1. The maximum Gasteiger partial charge on any atom is 0.244 e. The van der Waals surface area contributed by atoms with Gasteiger partial charge in [-0.25, -0.2) is 0 Å². The lowest BCUT2D eigenvalue weighted by molar-refractivity contribution is -0.121. The molecule has 1 aromatic heterocycles. The van der Waals surface area contributed by atoms with Crippen LogP contribution in [0.4, 0.5) is 5.69 Å². The van der Waals surface area contributed by atoms with Gasteiger partial charge in [-0.15, -0.1) is 0 Å². The van der Waals surface area contributed by atoms with Gasteiger partial charge in [0, 0.05) is 5.69 Å². The Kier molecular flexibility index (Phi) is 4.14. The average Bonchev–Trinajstić information content (AvgIpc) is 2.93. The third kappa shape index (κ3) is 3.21. The van der Waals surface area contributed by atoms with Gasteiger partial charge in [-0.3, -0.25) is 4.79 Å². The van der Waals surface area contributed by atoms with Crippen molar-refractivity contribution in [1.29, 1.82) is 0 Å². The topological polar surface area (TPSA) is 71.8 Å². The second kappa shape index (κ2) is 5.83. The number of hydrogen-bond acceptors (Lipinski definition) is 4. The van der Waals surface area contributed by atoms with Crippen LogP contribution in [0.1, 0.15) is 20.8 Å². The molecule has 0 fully saturated rings. The molecule has 6 heteroatoms. The first-order chi connectivity index (χ1) is 9.53. The minimum absolute atomic E-state index is 0.0654. The molecule has 2 rings (SSSR count).